The molecule has 0 aromatic heterocycles. The number of halogens is 1. The van der Waals surface area contributed by atoms with Crippen LogP contribution >= 0.6 is 7.14 Å². The number of alkyl halides is 1. The largest absolute Gasteiger partial charge is 0.382 e. The fourth-order valence-corrected chi connectivity index (χ4v) is 6.75. The van der Waals surface area contributed by atoms with Crippen LogP contribution in [0.15, 0.2) is 84.5 Å². The Morgan fingerprint density at radius 2 is 1.63 bits per heavy atom. The topological polar surface area (TPSA) is 37.3 Å². The van der Waals surface area contributed by atoms with Crippen molar-refractivity contribution in [3.63, 3.8) is 0 Å². The molecule has 0 unspecified atom stereocenters. The van der Waals surface area contributed by atoms with E-state index in [0.717, 1.165) is 12.0 Å². The molecule has 0 bridgehead atoms. The van der Waals surface area contributed by atoms with E-state index in [2.05, 4.69) is 6.58 Å². The Labute approximate surface area is 160 Å². The van der Waals surface area contributed by atoms with Crippen molar-refractivity contribution in [3.05, 3.63) is 84.5 Å². The predicted molar refractivity (Wildman–Crippen MR) is 111 cm³/mol. The lowest BCUT2D eigenvalue weighted by atomic mass is 9.76. The summed E-state index contributed by atoms with van der Waals surface area (Å²) in [6, 6.07) is 17.4. The number of allylic oxidation sites excluding steroid dienone is 2. The molecule has 27 heavy (non-hydrogen) atoms. The lowest BCUT2D eigenvalue weighted by Gasteiger charge is -2.41. The Hall–Kier alpha value is -1.96. The summed E-state index contributed by atoms with van der Waals surface area (Å²) < 4.78 is 30.5. The van der Waals surface area contributed by atoms with Crippen LogP contribution in [0.5, 0.6) is 0 Å². The normalized spacial score (nSPS) is 24.1. The van der Waals surface area contributed by atoms with Crippen LogP contribution in [0.4, 0.5) is 4.39 Å². The summed E-state index contributed by atoms with van der Waals surface area (Å²) in [4.78, 5) is 0. The minimum atomic E-state index is -3.73. The molecule has 4 heteroatoms. The lowest BCUT2D eigenvalue weighted by Crippen LogP contribution is -2.47. The van der Waals surface area contributed by atoms with Crippen molar-refractivity contribution in [1.82, 2.24) is 0 Å². The third-order valence-electron chi connectivity index (χ3n) is 5.64. The molecule has 3 atom stereocenters. The van der Waals surface area contributed by atoms with Crippen molar-refractivity contribution in [2.45, 2.75) is 38.2 Å². The van der Waals surface area contributed by atoms with Crippen molar-refractivity contribution in [2.75, 3.05) is 0 Å². The van der Waals surface area contributed by atoms with E-state index in [0.29, 0.717) is 16.2 Å². The second-order valence-corrected chi connectivity index (χ2v) is 10.3. The van der Waals surface area contributed by atoms with Gasteiger partial charge < -0.3 is 9.67 Å². The highest BCUT2D eigenvalue weighted by Gasteiger charge is 2.53. The van der Waals surface area contributed by atoms with E-state index in [4.69, 9.17) is 0 Å². The van der Waals surface area contributed by atoms with E-state index in [1.807, 2.05) is 25.1 Å². The predicted octanol–water partition coefficient (Wildman–Crippen LogP) is 4.96. The molecule has 0 fully saturated rings. The highest BCUT2D eigenvalue weighted by molar-refractivity contribution is 7.79. The van der Waals surface area contributed by atoms with Crippen molar-refractivity contribution < 1.29 is 14.1 Å². The first-order valence-corrected chi connectivity index (χ1v) is 11.0. The molecule has 0 amide bonds. The molecule has 0 radical (unpaired) electrons. The molecule has 142 valence electrons. The Balaban J connectivity index is 2.16. The zero-order valence-electron chi connectivity index (χ0n) is 15.8. The summed E-state index contributed by atoms with van der Waals surface area (Å²) in [5, 5.41) is 12.3. The number of hydrogen-bond donors (Lipinski definition) is 1. The van der Waals surface area contributed by atoms with Crippen molar-refractivity contribution in [2.24, 2.45) is 5.92 Å². The van der Waals surface area contributed by atoms with Gasteiger partial charge in [0, 0.05) is 10.6 Å². The molecule has 0 saturated carbocycles. The summed E-state index contributed by atoms with van der Waals surface area (Å²) in [6.07, 6.45) is 2.77. The smallest absolute Gasteiger partial charge is 0.193 e. The Morgan fingerprint density at radius 1 is 1.15 bits per heavy atom. The summed E-state index contributed by atoms with van der Waals surface area (Å²) in [5.41, 5.74) is -0.346. The summed E-state index contributed by atoms with van der Waals surface area (Å²) in [5.74, 6) is -1.97. The molecular formula is C23H26FO2P. The van der Waals surface area contributed by atoms with Crippen molar-refractivity contribution >= 4 is 17.8 Å². The molecule has 2 nitrogen and oxygen atoms in total. The number of aliphatic hydroxyl groups is 1. The number of hydrogen-bond acceptors (Lipinski definition) is 2. The van der Waals surface area contributed by atoms with Crippen molar-refractivity contribution in [3.8, 4) is 0 Å². The van der Waals surface area contributed by atoms with Gasteiger partial charge >= 0.3 is 0 Å². The average Bonchev–Trinajstić information content (AvgIpc) is 2.70. The van der Waals surface area contributed by atoms with Crippen LogP contribution in [0, 0.1) is 5.92 Å². The molecule has 1 aliphatic carbocycles. The van der Waals surface area contributed by atoms with Gasteiger partial charge in [0.05, 0.1) is 0 Å². The summed E-state index contributed by atoms with van der Waals surface area (Å²) >= 11 is 0. The zero-order valence-corrected chi connectivity index (χ0v) is 16.7. The number of rotatable bonds is 5. The summed E-state index contributed by atoms with van der Waals surface area (Å²) in [7, 11) is -3.73. The van der Waals surface area contributed by atoms with Gasteiger partial charge in [-0.2, -0.15) is 0 Å². The molecule has 1 aliphatic rings. The van der Waals surface area contributed by atoms with Gasteiger partial charge in [-0.05, 0) is 38.2 Å². The Kier molecular flexibility index (Phi) is 5.55. The van der Waals surface area contributed by atoms with Crippen LogP contribution < -0.4 is 10.6 Å². The third kappa shape index (κ3) is 3.47. The van der Waals surface area contributed by atoms with Crippen LogP contribution in [0.3, 0.4) is 0 Å². The quantitative estimate of drug-likeness (QED) is 0.584. The number of benzene rings is 2. The van der Waals surface area contributed by atoms with Crippen LogP contribution in [-0.2, 0) is 4.57 Å². The maximum absolute atomic E-state index is 16.2. The van der Waals surface area contributed by atoms with E-state index in [1.54, 1.807) is 55.5 Å². The van der Waals surface area contributed by atoms with Crippen LogP contribution in [0.2, 0.25) is 0 Å². The first kappa shape index (κ1) is 19.8. The highest BCUT2D eigenvalue weighted by Crippen LogP contribution is 2.57. The molecule has 2 aromatic rings. The van der Waals surface area contributed by atoms with Crippen molar-refractivity contribution in [1.29, 1.82) is 0 Å². The third-order valence-corrected chi connectivity index (χ3v) is 8.84. The van der Waals surface area contributed by atoms with E-state index in [9.17, 15) is 9.67 Å². The van der Waals surface area contributed by atoms with E-state index in [1.165, 1.54) is 0 Å². The minimum absolute atomic E-state index is 0.0306. The average molecular weight is 384 g/mol. The SMILES string of the molecule is C=C(C)[C@@H]1CC=C(C)[C@](O)([C@@H](F)P(=O)(c2ccccc2)c2ccccc2)C1. The molecule has 3 rings (SSSR count). The molecule has 0 aliphatic heterocycles. The van der Waals surface area contributed by atoms with Gasteiger partial charge in [-0.15, -0.1) is 0 Å². The van der Waals surface area contributed by atoms with Crippen LogP contribution in [0.25, 0.3) is 0 Å². The summed E-state index contributed by atoms with van der Waals surface area (Å²) in [6.45, 7) is 7.59. The molecule has 0 heterocycles. The molecule has 2 aromatic carbocycles. The van der Waals surface area contributed by atoms with Gasteiger partial charge in [-0.1, -0.05) is 78.9 Å². The molecule has 0 spiro atoms. The second-order valence-electron chi connectivity index (χ2n) is 7.46. The molecule has 1 N–H and O–H groups in total. The van der Waals surface area contributed by atoms with Gasteiger partial charge in [0.1, 0.15) is 5.60 Å². The van der Waals surface area contributed by atoms with Gasteiger partial charge in [0.2, 0.25) is 0 Å². The fourth-order valence-electron chi connectivity index (χ4n) is 3.79. The standard InChI is InChI=1S/C23H26FO2P/c1-17(2)19-15-14-18(3)23(25,16-19)22(24)27(26,20-10-6-4-7-11-20)21-12-8-5-9-13-21/h4-14,19,22,25H,1,15-16H2,2-3H3/t19-,22+,23+/m1/s1. The molecular weight excluding hydrogens is 358 g/mol. The van der Waals surface area contributed by atoms with Gasteiger partial charge in [-0.3, -0.25) is 0 Å². The monoisotopic (exact) mass is 384 g/mol. The first-order valence-electron chi connectivity index (χ1n) is 9.20. The van der Waals surface area contributed by atoms with E-state index in [-0.39, 0.29) is 12.3 Å². The lowest BCUT2D eigenvalue weighted by molar-refractivity contribution is 0.00746. The maximum atomic E-state index is 16.2. The van der Waals surface area contributed by atoms with Crippen LogP contribution in [0.1, 0.15) is 26.7 Å². The minimum Gasteiger partial charge on any atom is -0.382 e. The molecule has 0 saturated heterocycles. The maximum Gasteiger partial charge on any atom is 0.193 e. The van der Waals surface area contributed by atoms with Gasteiger partial charge in [0.25, 0.3) is 0 Å². The Bertz CT molecular complexity index is 848. The van der Waals surface area contributed by atoms with E-state index >= 15 is 4.39 Å². The fraction of sp³-hybridized carbons (Fsp3) is 0.304. The Morgan fingerprint density at radius 3 is 2.07 bits per heavy atom. The second kappa shape index (κ2) is 7.58. The highest BCUT2D eigenvalue weighted by atomic mass is 31.2. The van der Waals surface area contributed by atoms with Crippen LogP contribution in [-0.4, -0.2) is 16.6 Å². The first-order chi connectivity index (χ1) is 12.8. The van der Waals surface area contributed by atoms with Gasteiger partial charge in [0.15, 0.2) is 13.1 Å². The van der Waals surface area contributed by atoms with E-state index < -0.39 is 18.7 Å². The zero-order chi connectivity index (χ0) is 19.7. The van der Waals surface area contributed by atoms with Gasteiger partial charge in [-0.25, -0.2) is 4.39 Å².